The van der Waals surface area contributed by atoms with Crippen LogP contribution in [0, 0.1) is 6.92 Å². The van der Waals surface area contributed by atoms with Crippen LogP contribution in [0.25, 0.3) is 0 Å². The molecular formula is C12H16N2O3. The number of nitrogens with two attached hydrogens (primary N) is 1. The van der Waals surface area contributed by atoms with Crippen molar-refractivity contribution >= 4 is 17.6 Å². The van der Waals surface area contributed by atoms with Gasteiger partial charge in [0.15, 0.2) is 0 Å². The largest absolute Gasteiger partial charge is 0.480 e. The normalized spacial score (nSPS) is 11.0. The lowest BCUT2D eigenvalue weighted by Gasteiger charge is -2.21. The zero-order valence-electron chi connectivity index (χ0n) is 10.1. The van der Waals surface area contributed by atoms with Gasteiger partial charge in [-0.05, 0) is 32.9 Å². The molecule has 0 aromatic heterocycles. The molecule has 1 aromatic rings. The number of amides is 1. The van der Waals surface area contributed by atoms with Crippen LogP contribution in [0.1, 0.15) is 29.8 Å². The van der Waals surface area contributed by atoms with E-state index < -0.39 is 17.4 Å². The first-order valence-electron chi connectivity index (χ1n) is 5.16. The third-order valence-electron chi connectivity index (χ3n) is 2.41. The highest BCUT2D eigenvalue weighted by Gasteiger charge is 2.29. The molecule has 0 atom stereocenters. The van der Waals surface area contributed by atoms with Gasteiger partial charge in [0.2, 0.25) is 0 Å². The molecule has 1 aromatic carbocycles. The van der Waals surface area contributed by atoms with E-state index in [1.807, 2.05) is 6.92 Å². The summed E-state index contributed by atoms with van der Waals surface area (Å²) in [6, 6.07) is 5.04. The summed E-state index contributed by atoms with van der Waals surface area (Å²) in [5.74, 6) is -1.59. The lowest BCUT2D eigenvalue weighted by Crippen LogP contribution is -2.49. The van der Waals surface area contributed by atoms with Crippen LogP contribution >= 0.6 is 0 Å². The number of rotatable bonds is 3. The highest BCUT2D eigenvalue weighted by molar-refractivity contribution is 6.01. The molecule has 4 N–H and O–H groups in total. The van der Waals surface area contributed by atoms with Crippen LogP contribution in [0.15, 0.2) is 18.2 Å². The number of carbonyl (C=O) groups is 2. The topological polar surface area (TPSA) is 92.4 Å². The Kier molecular flexibility index (Phi) is 3.41. The van der Waals surface area contributed by atoms with Gasteiger partial charge in [-0.3, -0.25) is 4.79 Å². The first kappa shape index (κ1) is 13.0. The van der Waals surface area contributed by atoms with Crippen molar-refractivity contribution in [2.75, 3.05) is 5.73 Å². The van der Waals surface area contributed by atoms with Crippen molar-refractivity contribution in [1.82, 2.24) is 5.32 Å². The molecule has 1 rings (SSSR count). The summed E-state index contributed by atoms with van der Waals surface area (Å²) in [5.41, 5.74) is 5.86. The Bertz CT molecular complexity index is 467. The van der Waals surface area contributed by atoms with Crippen molar-refractivity contribution in [3.8, 4) is 0 Å². The Labute approximate surface area is 99.6 Å². The molecule has 0 fully saturated rings. The first-order valence-corrected chi connectivity index (χ1v) is 5.16. The maximum Gasteiger partial charge on any atom is 0.328 e. The van der Waals surface area contributed by atoms with Crippen molar-refractivity contribution in [3.05, 3.63) is 29.3 Å². The van der Waals surface area contributed by atoms with Gasteiger partial charge < -0.3 is 16.2 Å². The van der Waals surface area contributed by atoms with Crippen molar-refractivity contribution < 1.29 is 14.7 Å². The van der Waals surface area contributed by atoms with Gasteiger partial charge in [-0.1, -0.05) is 11.6 Å². The van der Waals surface area contributed by atoms with E-state index >= 15 is 0 Å². The van der Waals surface area contributed by atoms with Crippen LogP contribution in [0.4, 0.5) is 5.69 Å². The van der Waals surface area contributed by atoms with E-state index in [9.17, 15) is 9.59 Å². The second-order valence-electron chi connectivity index (χ2n) is 4.47. The van der Waals surface area contributed by atoms with Crippen LogP contribution in [-0.2, 0) is 4.79 Å². The second-order valence-corrected chi connectivity index (χ2v) is 4.47. The van der Waals surface area contributed by atoms with Gasteiger partial charge >= 0.3 is 5.97 Å². The van der Waals surface area contributed by atoms with E-state index in [0.717, 1.165) is 5.56 Å². The molecule has 0 spiro atoms. The molecule has 92 valence electrons. The molecule has 0 aliphatic carbocycles. The van der Waals surface area contributed by atoms with E-state index in [-0.39, 0.29) is 0 Å². The predicted octanol–water partition coefficient (Wildman–Crippen LogP) is 1.17. The molecule has 0 unspecified atom stereocenters. The smallest absolute Gasteiger partial charge is 0.328 e. The predicted molar refractivity (Wildman–Crippen MR) is 64.8 cm³/mol. The summed E-state index contributed by atoms with van der Waals surface area (Å²) >= 11 is 0. The number of carbonyl (C=O) groups excluding carboxylic acids is 1. The Morgan fingerprint density at radius 1 is 1.35 bits per heavy atom. The van der Waals surface area contributed by atoms with Gasteiger partial charge in [0.25, 0.3) is 5.91 Å². The number of nitrogen functional groups attached to an aromatic ring is 1. The number of aryl methyl sites for hydroxylation is 1. The lowest BCUT2D eigenvalue weighted by atomic mass is 10.0. The minimum Gasteiger partial charge on any atom is -0.480 e. The van der Waals surface area contributed by atoms with E-state index in [1.54, 1.807) is 18.2 Å². The monoisotopic (exact) mass is 236 g/mol. The number of hydrogen-bond acceptors (Lipinski definition) is 3. The summed E-state index contributed by atoms with van der Waals surface area (Å²) in [6.45, 7) is 4.66. The summed E-state index contributed by atoms with van der Waals surface area (Å²) < 4.78 is 0. The maximum absolute atomic E-state index is 11.9. The summed E-state index contributed by atoms with van der Waals surface area (Å²) in [7, 11) is 0. The SMILES string of the molecule is Cc1ccc(N)c(C(=O)NC(C)(C)C(=O)O)c1. The van der Waals surface area contributed by atoms with Crippen LogP contribution in [-0.4, -0.2) is 22.5 Å². The molecular weight excluding hydrogens is 220 g/mol. The van der Waals surface area contributed by atoms with E-state index in [2.05, 4.69) is 5.32 Å². The van der Waals surface area contributed by atoms with Gasteiger partial charge in [0, 0.05) is 5.69 Å². The quantitative estimate of drug-likeness (QED) is 0.687. The molecule has 5 nitrogen and oxygen atoms in total. The lowest BCUT2D eigenvalue weighted by molar-refractivity contribution is -0.143. The van der Waals surface area contributed by atoms with Crippen LogP contribution in [0.2, 0.25) is 0 Å². The molecule has 17 heavy (non-hydrogen) atoms. The number of hydrogen-bond donors (Lipinski definition) is 3. The average Bonchev–Trinajstić information content (AvgIpc) is 2.20. The van der Waals surface area contributed by atoms with Gasteiger partial charge in [0.1, 0.15) is 5.54 Å². The van der Waals surface area contributed by atoms with E-state index in [1.165, 1.54) is 13.8 Å². The van der Waals surface area contributed by atoms with Crippen LogP contribution < -0.4 is 11.1 Å². The Morgan fingerprint density at radius 3 is 2.47 bits per heavy atom. The molecule has 0 bridgehead atoms. The fourth-order valence-electron chi connectivity index (χ4n) is 1.27. The molecule has 0 radical (unpaired) electrons. The summed E-state index contributed by atoms with van der Waals surface area (Å²) in [5, 5.41) is 11.3. The fourth-order valence-corrected chi connectivity index (χ4v) is 1.27. The molecule has 0 saturated carbocycles. The number of anilines is 1. The maximum atomic E-state index is 11.9. The Balaban J connectivity index is 2.98. The van der Waals surface area contributed by atoms with Gasteiger partial charge in [-0.25, -0.2) is 4.79 Å². The van der Waals surface area contributed by atoms with Crippen molar-refractivity contribution in [2.45, 2.75) is 26.3 Å². The highest BCUT2D eigenvalue weighted by atomic mass is 16.4. The number of carboxylic acids is 1. The number of carboxylic acid groups (broad SMARTS) is 1. The highest BCUT2D eigenvalue weighted by Crippen LogP contribution is 2.15. The van der Waals surface area contributed by atoms with Crippen LogP contribution in [0.3, 0.4) is 0 Å². The standard InChI is InChI=1S/C12H16N2O3/c1-7-4-5-9(13)8(6-7)10(15)14-12(2,3)11(16)17/h4-6H,13H2,1-3H3,(H,14,15)(H,16,17). The van der Waals surface area contributed by atoms with Crippen molar-refractivity contribution in [3.63, 3.8) is 0 Å². The molecule has 0 heterocycles. The third kappa shape index (κ3) is 2.96. The zero-order chi connectivity index (χ0) is 13.2. The average molecular weight is 236 g/mol. The van der Waals surface area contributed by atoms with Crippen molar-refractivity contribution in [1.29, 1.82) is 0 Å². The Hall–Kier alpha value is -2.04. The van der Waals surface area contributed by atoms with E-state index in [0.29, 0.717) is 11.3 Å². The third-order valence-corrected chi connectivity index (χ3v) is 2.41. The van der Waals surface area contributed by atoms with Crippen LogP contribution in [0.5, 0.6) is 0 Å². The zero-order valence-corrected chi connectivity index (χ0v) is 10.1. The summed E-state index contributed by atoms with van der Waals surface area (Å²) in [6.07, 6.45) is 0. The molecule has 0 saturated heterocycles. The summed E-state index contributed by atoms with van der Waals surface area (Å²) in [4.78, 5) is 22.8. The number of nitrogens with one attached hydrogen (secondary N) is 1. The van der Waals surface area contributed by atoms with Gasteiger partial charge in [0.05, 0.1) is 5.56 Å². The number of aliphatic carboxylic acids is 1. The van der Waals surface area contributed by atoms with Crippen molar-refractivity contribution in [2.24, 2.45) is 0 Å². The minimum atomic E-state index is -1.33. The second kappa shape index (κ2) is 4.45. The Morgan fingerprint density at radius 2 is 1.94 bits per heavy atom. The first-order chi connectivity index (χ1) is 7.74. The molecule has 5 heteroatoms. The molecule has 0 aliphatic heterocycles. The number of benzene rings is 1. The minimum absolute atomic E-state index is 0.291. The van der Waals surface area contributed by atoms with E-state index in [4.69, 9.17) is 10.8 Å². The van der Waals surface area contributed by atoms with Gasteiger partial charge in [-0.2, -0.15) is 0 Å². The van der Waals surface area contributed by atoms with Gasteiger partial charge in [-0.15, -0.1) is 0 Å². The molecule has 1 amide bonds. The fraction of sp³-hybridized carbons (Fsp3) is 0.333. The molecule has 0 aliphatic rings.